The smallest absolute Gasteiger partial charge is 0.0462 e. The molecule has 0 aromatic carbocycles. The molecule has 0 radical (unpaired) electrons. The Bertz CT molecular complexity index is 179. The Morgan fingerprint density at radius 3 is 2.08 bits per heavy atom. The molecule has 0 bridgehead atoms. The molecule has 1 rings (SSSR count). The van der Waals surface area contributed by atoms with Crippen LogP contribution in [0.2, 0.25) is 0 Å². The second kappa shape index (κ2) is 2.71. The van der Waals surface area contributed by atoms with Crippen LogP contribution in [0.5, 0.6) is 0 Å². The summed E-state index contributed by atoms with van der Waals surface area (Å²) in [4.78, 5) is 0. The van der Waals surface area contributed by atoms with Gasteiger partial charge in [-0.3, -0.25) is 0 Å². The van der Waals surface area contributed by atoms with Crippen molar-refractivity contribution in [2.45, 2.75) is 58.5 Å². The van der Waals surface area contributed by atoms with Crippen molar-refractivity contribution in [2.24, 2.45) is 5.92 Å². The van der Waals surface area contributed by atoms with Crippen LogP contribution < -0.4 is 0 Å². The van der Waals surface area contributed by atoms with Gasteiger partial charge < -0.3 is 5.21 Å². The predicted molar refractivity (Wildman–Crippen MR) is 50.2 cm³/mol. The highest BCUT2D eigenvalue weighted by Gasteiger charge is 2.50. The van der Waals surface area contributed by atoms with Crippen LogP contribution >= 0.6 is 0 Å². The van der Waals surface area contributed by atoms with Crippen molar-refractivity contribution in [3.63, 3.8) is 0 Å². The summed E-state index contributed by atoms with van der Waals surface area (Å²) in [6.45, 7) is 10.7. The van der Waals surface area contributed by atoms with Crippen molar-refractivity contribution < 1.29 is 5.21 Å². The fraction of sp³-hybridized carbons (Fsp3) is 1.00. The van der Waals surface area contributed by atoms with E-state index in [1.54, 1.807) is 5.06 Å². The molecule has 1 aliphatic heterocycles. The molecule has 0 aliphatic carbocycles. The molecule has 0 spiro atoms. The van der Waals surface area contributed by atoms with Crippen molar-refractivity contribution in [3.05, 3.63) is 0 Å². The molecule has 1 saturated heterocycles. The van der Waals surface area contributed by atoms with Crippen LogP contribution in [0.4, 0.5) is 0 Å². The third-order valence-corrected chi connectivity index (χ3v) is 3.64. The maximum Gasteiger partial charge on any atom is 0.0462 e. The highest BCUT2D eigenvalue weighted by Crippen LogP contribution is 2.44. The predicted octanol–water partition coefficient (Wildman–Crippen LogP) is 2.66. The lowest BCUT2D eigenvalue weighted by molar-refractivity contribution is -0.202. The molecule has 0 amide bonds. The van der Waals surface area contributed by atoms with Gasteiger partial charge in [-0.15, -0.1) is 0 Å². The minimum absolute atomic E-state index is 0.0243. The molecule has 1 aliphatic rings. The van der Waals surface area contributed by atoms with Gasteiger partial charge in [0, 0.05) is 11.1 Å². The quantitative estimate of drug-likeness (QED) is 0.655. The van der Waals surface area contributed by atoms with E-state index in [-0.39, 0.29) is 11.1 Å². The molecule has 1 fully saturated rings. The largest absolute Gasteiger partial charge is 0.313 e. The molecule has 2 nitrogen and oxygen atoms in total. The number of nitrogens with zero attached hydrogens (tertiary/aromatic N) is 1. The third-order valence-electron chi connectivity index (χ3n) is 3.64. The van der Waals surface area contributed by atoms with Gasteiger partial charge in [0.25, 0.3) is 0 Å². The highest BCUT2D eigenvalue weighted by molar-refractivity contribution is 5.01. The minimum Gasteiger partial charge on any atom is -0.313 e. The molecule has 2 unspecified atom stereocenters. The zero-order valence-electron chi connectivity index (χ0n) is 8.89. The van der Waals surface area contributed by atoms with Crippen molar-refractivity contribution in [3.8, 4) is 0 Å². The summed E-state index contributed by atoms with van der Waals surface area (Å²) >= 11 is 0. The molecule has 0 saturated carbocycles. The molecule has 12 heavy (non-hydrogen) atoms. The van der Waals surface area contributed by atoms with Gasteiger partial charge in [0.05, 0.1) is 0 Å². The van der Waals surface area contributed by atoms with Crippen molar-refractivity contribution in [2.75, 3.05) is 0 Å². The zero-order valence-corrected chi connectivity index (χ0v) is 8.89. The van der Waals surface area contributed by atoms with Crippen LogP contribution in [0, 0.1) is 5.92 Å². The number of rotatable bonds is 1. The Morgan fingerprint density at radius 1 is 1.42 bits per heavy atom. The van der Waals surface area contributed by atoms with Crippen LogP contribution in [-0.4, -0.2) is 21.3 Å². The van der Waals surface area contributed by atoms with Crippen LogP contribution in [0.1, 0.15) is 47.5 Å². The first-order valence-corrected chi connectivity index (χ1v) is 4.84. The Balaban J connectivity index is 2.92. The van der Waals surface area contributed by atoms with E-state index in [0.29, 0.717) is 5.92 Å². The first kappa shape index (κ1) is 10.0. The summed E-state index contributed by atoms with van der Waals surface area (Å²) < 4.78 is 0. The van der Waals surface area contributed by atoms with Gasteiger partial charge in [0.15, 0.2) is 0 Å². The Labute approximate surface area is 75.5 Å². The first-order chi connectivity index (χ1) is 5.34. The molecule has 0 aromatic rings. The van der Waals surface area contributed by atoms with Gasteiger partial charge in [-0.2, -0.15) is 5.06 Å². The number of hydroxylamine groups is 2. The SMILES string of the molecule is CCC1(C)C(C)CC(C)(C)N1O. The second-order valence-electron chi connectivity index (χ2n) is 4.94. The molecule has 2 heteroatoms. The Hall–Kier alpha value is -0.0800. The fourth-order valence-corrected chi connectivity index (χ4v) is 2.45. The van der Waals surface area contributed by atoms with E-state index in [1.807, 2.05) is 0 Å². The van der Waals surface area contributed by atoms with E-state index in [1.165, 1.54) is 0 Å². The summed E-state index contributed by atoms with van der Waals surface area (Å²) in [6.07, 6.45) is 2.09. The van der Waals surface area contributed by atoms with Gasteiger partial charge in [-0.05, 0) is 39.5 Å². The number of hydrogen-bond acceptors (Lipinski definition) is 2. The summed E-state index contributed by atoms with van der Waals surface area (Å²) in [5.74, 6) is 0.572. The lowest BCUT2D eigenvalue weighted by Crippen LogP contribution is -2.48. The summed E-state index contributed by atoms with van der Waals surface area (Å²) in [5.41, 5.74) is -0.0757. The van der Waals surface area contributed by atoms with Crippen LogP contribution in [0.25, 0.3) is 0 Å². The van der Waals surface area contributed by atoms with Gasteiger partial charge in [-0.25, -0.2) is 0 Å². The monoisotopic (exact) mass is 171 g/mol. The fourth-order valence-electron chi connectivity index (χ4n) is 2.45. The maximum atomic E-state index is 9.98. The van der Waals surface area contributed by atoms with E-state index in [2.05, 4.69) is 34.6 Å². The van der Waals surface area contributed by atoms with Gasteiger partial charge in [0.2, 0.25) is 0 Å². The maximum absolute atomic E-state index is 9.98. The molecule has 1 N–H and O–H groups in total. The van der Waals surface area contributed by atoms with E-state index in [0.717, 1.165) is 12.8 Å². The van der Waals surface area contributed by atoms with Gasteiger partial charge in [0.1, 0.15) is 0 Å². The molecular weight excluding hydrogens is 150 g/mol. The lowest BCUT2D eigenvalue weighted by atomic mass is 9.85. The Kier molecular flexibility index (Phi) is 2.26. The summed E-state index contributed by atoms with van der Waals surface area (Å²) in [5, 5.41) is 11.5. The Morgan fingerprint density at radius 2 is 1.92 bits per heavy atom. The molecule has 1 heterocycles. The first-order valence-electron chi connectivity index (χ1n) is 4.84. The van der Waals surface area contributed by atoms with E-state index >= 15 is 0 Å². The third kappa shape index (κ3) is 1.17. The van der Waals surface area contributed by atoms with E-state index in [4.69, 9.17) is 0 Å². The average molecular weight is 171 g/mol. The van der Waals surface area contributed by atoms with E-state index < -0.39 is 0 Å². The zero-order chi connectivity index (χ0) is 9.57. The summed E-state index contributed by atoms with van der Waals surface area (Å²) in [7, 11) is 0. The standard InChI is InChI=1S/C10H21NO/c1-6-10(5)8(2)7-9(3,4)11(10)12/h8,12H,6-7H2,1-5H3. The van der Waals surface area contributed by atoms with Gasteiger partial charge in [-0.1, -0.05) is 13.8 Å². The van der Waals surface area contributed by atoms with Crippen LogP contribution in [0.3, 0.4) is 0 Å². The molecule has 2 atom stereocenters. The molecule has 0 aromatic heterocycles. The lowest BCUT2D eigenvalue weighted by Gasteiger charge is -2.37. The van der Waals surface area contributed by atoms with Crippen LogP contribution in [-0.2, 0) is 0 Å². The topological polar surface area (TPSA) is 23.5 Å². The minimum atomic E-state index is -0.0514. The number of hydrogen-bond donors (Lipinski definition) is 1. The van der Waals surface area contributed by atoms with Crippen molar-refractivity contribution >= 4 is 0 Å². The molecule has 72 valence electrons. The van der Waals surface area contributed by atoms with Crippen molar-refractivity contribution in [1.29, 1.82) is 0 Å². The highest BCUT2D eigenvalue weighted by atomic mass is 16.5. The average Bonchev–Trinajstić information content (AvgIpc) is 2.13. The molecular formula is C10H21NO. The van der Waals surface area contributed by atoms with Crippen LogP contribution in [0.15, 0.2) is 0 Å². The summed E-state index contributed by atoms with van der Waals surface area (Å²) in [6, 6.07) is 0. The second-order valence-corrected chi connectivity index (χ2v) is 4.94. The van der Waals surface area contributed by atoms with Gasteiger partial charge >= 0.3 is 0 Å². The van der Waals surface area contributed by atoms with E-state index in [9.17, 15) is 5.21 Å². The van der Waals surface area contributed by atoms with Crippen molar-refractivity contribution in [1.82, 2.24) is 5.06 Å². The normalized spacial score (nSPS) is 42.0.